The highest BCUT2D eigenvalue weighted by Gasteiger charge is 2.40. The standard InChI is InChI=1S/C8H14O2/c1-2-9-8-5-6-3-4-7(8)10-6/h6-8H,2-5H2,1H3. The van der Waals surface area contributed by atoms with Gasteiger partial charge in [-0.15, -0.1) is 0 Å². The van der Waals surface area contributed by atoms with E-state index in [0.717, 1.165) is 13.0 Å². The Morgan fingerprint density at radius 1 is 1.50 bits per heavy atom. The zero-order valence-corrected chi connectivity index (χ0v) is 6.38. The van der Waals surface area contributed by atoms with Crippen LogP contribution >= 0.6 is 0 Å². The number of ether oxygens (including phenoxy) is 2. The van der Waals surface area contributed by atoms with Crippen molar-refractivity contribution in [2.45, 2.75) is 44.5 Å². The van der Waals surface area contributed by atoms with Crippen molar-refractivity contribution in [2.24, 2.45) is 0 Å². The smallest absolute Gasteiger partial charge is 0.0861 e. The average molecular weight is 142 g/mol. The molecular weight excluding hydrogens is 128 g/mol. The molecule has 2 fully saturated rings. The van der Waals surface area contributed by atoms with E-state index in [1.807, 2.05) is 6.92 Å². The summed E-state index contributed by atoms with van der Waals surface area (Å²) in [5, 5.41) is 0. The van der Waals surface area contributed by atoms with Gasteiger partial charge in [0, 0.05) is 13.0 Å². The van der Waals surface area contributed by atoms with E-state index < -0.39 is 0 Å². The molecule has 3 atom stereocenters. The zero-order chi connectivity index (χ0) is 6.97. The van der Waals surface area contributed by atoms with Gasteiger partial charge in [-0.05, 0) is 19.8 Å². The monoisotopic (exact) mass is 142 g/mol. The molecule has 3 unspecified atom stereocenters. The zero-order valence-electron chi connectivity index (χ0n) is 6.38. The van der Waals surface area contributed by atoms with E-state index in [-0.39, 0.29) is 0 Å². The van der Waals surface area contributed by atoms with Gasteiger partial charge in [0.15, 0.2) is 0 Å². The second-order valence-corrected chi connectivity index (χ2v) is 3.10. The Morgan fingerprint density at radius 3 is 2.90 bits per heavy atom. The first kappa shape index (κ1) is 6.62. The van der Waals surface area contributed by atoms with E-state index in [1.165, 1.54) is 12.8 Å². The molecule has 2 aliphatic heterocycles. The lowest BCUT2D eigenvalue weighted by atomic mass is 9.98. The van der Waals surface area contributed by atoms with Crippen molar-refractivity contribution in [3.63, 3.8) is 0 Å². The molecule has 0 aromatic heterocycles. The highest BCUT2D eigenvalue weighted by atomic mass is 16.6. The molecule has 2 heterocycles. The molecule has 0 aromatic carbocycles. The van der Waals surface area contributed by atoms with Crippen molar-refractivity contribution in [3.05, 3.63) is 0 Å². The predicted octanol–water partition coefficient (Wildman–Crippen LogP) is 1.34. The fourth-order valence-corrected chi connectivity index (χ4v) is 1.98. The van der Waals surface area contributed by atoms with E-state index in [4.69, 9.17) is 9.47 Å². The molecule has 2 nitrogen and oxygen atoms in total. The van der Waals surface area contributed by atoms with Crippen molar-refractivity contribution in [3.8, 4) is 0 Å². The van der Waals surface area contributed by atoms with E-state index in [9.17, 15) is 0 Å². The summed E-state index contributed by atoms with van der Waals surface area (Å²) in [5.41, 5.74) is 0. The van der Waals surface area contributed by atoms with Crippen molar-refractivity contribution in [1.29, 1.82) is 0 Å². The summed E-state index contributed by atoms with van der Waals surface area (Å²) in [6.45, 7) is 2.88. The summed E-state index contributed by atoms with van der Waals surface area (Å²) in [4.78, 5) is 0. The van der Waals surface area contributed by atoms with Gasteiger partial charge >= 0.3 is 0 Å². The van der Waals surface area contributed by atoms with Crippen LogP contribution in [0.3, 0.4) is 0 Å². The maximum atomic E-state index is 5.61. The van der Waals surface area contributed by atoms with Crippen LogP contribution in [0.2, 0.25) is 0 Å². The number of fused-ring (bicyclic) bond motifs is 2. The van der Waals surface area contributed by atoms with Gasteiger partial charge in [0.25, 0.3) is 0 Å². The van der Waals surface area contributed by atoms with Crippen molar-refractivity contribution in [1.82, 2.24) is 0 Å². The second-order valence-electron chi connectivity index (χ2n) is 3.10. The molecule has 0 aliphatic carbocycles. The summed E-state index contributed by atoms with van der Waals surface area (Å²) in [7, 11) is 0. The van der Waals surface area contributed by atoms with Gasteiger partial charge in [-0.25, -0.2) is 0 Å². The largest absolute Gasteiger partial charge is 0.376 e. The van der Waals surface area contributed by atoms with Crippen molar-refractivity contribution >= 4 is 0 Å². The fraction of sp³-hybridized carbons (Fsp3) is 1.00. The Balaban J connectivity index is 1.90. The van der Waals surface area contributed by atoms with Gasteiger partial charge in [-0.1, -0.05) is 0 Å². The normalized spacial score (nSPS) is 44.7. The number of hydrogen-bond acceptors (Lipinski definition) is 2. The van der Waals surface area contributed by atoms with E-state index >= 15 is 0 Å². The molecule has 0 N–H and O–H groups in total. The first-order chi connectivity index (χ1) is 4.90. The lowest BCUT2D eigenvalue weighted by Gasteiger charge is -2.17. The van der Waals surface area contributed by atoms with Gasteiger partial charge in [-0.3, -0.25) is 0 Å². The fourth-order valence-electron chi connectivity index (χ4n) is 1.98. The quantitative estimate of drug-likeness (QED) is 0.579. The Hall–Kier alpha value is -0.0800. The maximum Gasteiger partial charge on any atom is 0.0861 e. The molecule has 0 spiro atoms. The molecular formula is C8H14O2. The molecule has 2 aliphatic rings. The molecule has 0 aromatic rings. The minimum absolute atomic E-state index is 0.420. The molecule has 2 bridgehead atoms. The van der Waals surface area contributed by atoms with Crippen molar-refractivity contribution in [2.75, 3.05) is 6.61 Å². The lowest BCUT2D eigenvalue weighted by molar-refractivity contribution is 0.00487. The third-order valence-corrected chi connectivity index (χ3v) is 2.43. The molecule has 2 rings (SSSR count). The Morgan fingerprint density at radius 2 is 2.40 bits per heavy atom. The highest BCUT2D eigenvalue weighted by molar-refractivity contribution is 4.90. The Kier molecular flexibility index (Phi) is 1.66. The highest BCUT2D eigenvalue weighted by Crippen LogP contribution is 2.35. The lowest BCUT2D eigenvalue weighted by Crippen LogP contribution is -2.25. The van der Waals surface area contributed by atoms with Crippen LogP contribution in [0.25, 0.3) is 0 Å². The van der Waals surface area contributed by atoms with Crippen LogP contribution in [0.5, 0.6) is 0 Å². The van der Waals surface area contributed by atoms with Crippen LogP contribution in [-0.4, -0.2) is 24.9 Å². The first-order valence-electron chi connectivity index (χ1n) is 4.17. The van der Waals surface area contributed by atoms with Crippen LogP contribution in [0.1, 0.15) is 26.2 Å². The van der Waals surface area contributed by atoms with Gasteiger partial charge < -0.3 is 9.47 Å². The van der Waals surface area contributed by atoms with E-state index in [0.29, 0.717) is 18.3 Å². The Labute approximate surface area is 61.5 Å². The first-order valence-corrected chi connectivity index (χ1v) is 4.17. The SMILES string of the molecule is CCOC1CC2CCC1O2. The van der Waals surface area contributed by atoms with Crippen LogP contribution in [0.4, 0.5) is 0 Å². The molecule has 58 valence electrons. The number of rotatable bonds is 2. The molecule has 10 heavy (non-hydrogen) atoms. The minimum atomic E-state index is 0.420. The summed E-state index contributed by atoms with van der Waals surface area (Å²) in [5.74, 6) is 0. The second kappa shape index (κ2) is 2.51. The van der Waals surface area contributed by atoms with Gasteiger partial charge in [0.1, 0.15) is 0 Å². The van der Waals surface area contributed by atoms with E-state index in [1.54, 1.807) is 0 Å². The van der Waals surface area contributed by atoms with Crippen LogP contribution in [-0.2, 0) is 9.47 Å². The molecule has 0 radical (unpaired) electrons. The van der Waals surface area contributed by atoms with Gasteiger partial charge in [-0.2, -0.15) is 0 Å². The van der Waals surface area contributed by atoms with Crippen LogP contribution in [0, 0.1) is 0 Å². The third-order valence-electron chi connectivity index (χ3n) is 2.43. The van der Waals surface area contributed by atoms with E-state index in [2.05, 4.69) is 0 Å². The Bertz CT molecular complexity index is 124. The minimum Gasteiger partial charge on any atom is -0.376 e. The summed E-state index contributed by atoms with van der Waals surface area (Å²) < 4.78 is 11.1. The molecule has 0 amide bonds. The predicted molar refractivity (Wildman–Crippen MR) is 37.9 cm³/mol. The molecule has 0 saturated carbocycles. The van der Waals surface area contributed by atoms with Crippen LogP contribution in [0.15, 0.2) is 0 Å². The summed E-state index contributed by atoms with van der Waals surface area (Å²) in [6.07, 6.45) is 5.00. The third kappa shape index (κ3) is 0.956. The number of hydrogen-bond donors (Lipinski definition) is 0. The summed E-state index contributed by atoms with van der Waals surface area (Å²) >= 11 is 0. The van der Waals surface area contributed by atoms with Crippen molar-refractivity contribution < 1.29 is 9.47 Å². The average Bonchev–Trinajstić information content (AvgIpc) is 2.48. The topological polar surface area (TPSA) is 18.5 Å². The molecule has 2 heteroatoms. The summed E-state index contributed by atoms with van der Waals surface area (Å²) in [6, 6.07) is 0. The van der Waals surface area contributed by atoms with Crippen LogP contribution < -0.4 is 0 Å². The van der Waals surface area contributed by atoms with Gasteiger partial charge in [0.05, 0.1) is 18.3 Å². The maximum absolute atomic E-state index is 5.61. The van der Waals surface area contributed by atoms with Gasteiger partial charge in [0.2, 0.25) is 0 Å². The molecule has 2 saturated heterocycles.